The summed E-state index contributed by atoms with van der Waals surface area (Å²) in [6.45, 7) is 6.41. The largest absolute Gasteiger partial charge is 0.497 e. The zero-order valence-corrected chi connectivity index (χ0v) is 20.1. The van der Waals surface area contributed by atoms with E-state index in [2.05, 4.69) is 15.1 Å². The molecule has 1 unspecified atom stereocenters. The summed E-state index contributed by atoms with van der Waals surface area (Å²) in [5, 5.41) is 3.42. The average Bonchev–Trinajstić information content (AvgIpc) is 3.21. The number of hydrogen-bond donors (Lipinski definition) is 1. The first-order valence-corrected chi connectivity index (χ1v) is 11.6. The number of aromatic nitrogens is 3. The van der Waals surface area contributed by atoms with Crippen LogP contribution in [-0.2, 0) is 30.9 Å². The molecule has 2 heterocycles. The lowest BCUT2D eigenvalue weighted by Gasteiger charge is -2.08. The number of oxime groups is 1. The van der Waals surface area contributed by atoms with Crippen LogP contribution < -0.4 is 10.2 Å². The number of rotatable bonds is 7. The fraction of sp³-hybridized carbons (Fsp3) is 0.318. The molecule has 0 saturated heterocycles. The number of benzene rings is 1. The van der Waals surface area contributed by atoms with E-state index >= 15 is 0 Å². The summed E-state index contributed by atoms with van der Waals surface area (Å²) >= 11 is 0. The first kappa shape index (κ1) is 24.8. The second-order valence-electron chi connectivity index (χ2n) is 7.23. The highest BCUT2D eigenvalue weighted by atomic mass is 32.2. The van der Waals surface area contributed by atoms with Crippen LogP contribution in [0.25, 0.3) is 11.0 Å². The highest BCUT2D eigenvalue weighted by Gasteiger charge is 2.24. The van der Waals surface area contributed by atoms with Gasteiger partial charge in [0, 0.05) is 29.1 Å². The number of aryl methyl sites for hydroxylation is 1. The Bertz CT molecular complexity index is 1370. The van der Waals surface area contributed by atoms with Crippen molar-refractivity contribution < 1.29 is 28.1 Å². The van der Waals surface area contributed by atoms with Crippen LogP contribution in [0.1, 0.15) is 30.7 Å². The van der Waals surface area contributed by atoms with Crippen LogP contribution in [0.2, 0.25) is 0 Å². The molecule has 3 aromatic rings. The van der Waals surface area contributed by atoms with Gasteiger partial charge in [0.05, 0.1) is 41.3 Å². The maximum atomic E-state index is 13.3. The molecule has 0 aliphatic rings. The molecule has 11 nitrogen and oxygen atoms in total. The molecule has 1 N–H and O–H groups in total. The zero-order valence-electron chi connectivity index (χ0n) is 19.3. The summed E-state index contributed by atoms with van der Waals surface area (Å²) in [6, 6.07) is 4.74. The SMILES string of the molecule is CCOC(=O)/C(C)=N/OC(=O)n1c(S(=O)Cc2[nH]cc(C)c(=O)c2C)nc2cc(OC)ccc21. The lowest BCUT2D eigenvalue weighted by molar-refractivity contribution is -0.135. The number of esters is 1. The third kappa shape index (κ3) is 5.06. The van der Waals surface area contributed by atoms with Gasteiger partial charge in [-0.1, -0.05) is 5.16 Å². The second kappa shape index (κ2) is 10.4. The molecule has 12 heteroatoms. The number of hydrogen-bond acceptors (Lipinski definition) is 9. The Morgan fingerprint density at radius 2 is 2.00 bits per heavy atom. The van der Waals surface area contributed by atoms with E-state index in [0.717, 1.165) is 4.57 Å². The summed E-state index contributed by atoms with van der Waals surface area (Å²) in [4.78, 5) is 49.2. The lowest BCUT2D eigenvalue weighted by atomic mass is 10.2. The van der Waals surface area contributed by atoms with E-state index in [4.69, 9.17) is 14.3 Å². The van der Waals surface area contributed by atoms with E-state index in [-0.39, 0.29) is 28.7 Å². The number of nitrogens with zero attached hydrogens (tertiary/aromatic N) is 3. The first-order valence-electron chi connectivity index (χ1n) is 10.2. The van der Waals surface area contributed by atoms with Gasteiger partial charge in [-0.05, 0) is 39.8 Å². The van der Waals surface area contributed by atoms with Crippen LogP contribution in [0.5, 0.6) is 5.75 Å². The summed E-state index contributed by atoms with van der Waals surface area (Å²) < 4.78 is 24.3. The Morgan fingerprint density at radius 3 is 2.68 bits per heavy atom. The van der Waals surface area contributed by atoms with Gasteiger partial charge < -0.3 is 14.5 Å². The van der Waals surface area contributed by atoms with Gasteiger partial charge in [0.1, 0.15) is 5.75 Å². The first-order chi connectivity index (χ1) is 16.2. The highest BCUT2D eigenvalue weighted by molar-refractivity contribution is 7.84. The van der Waals surface area contributed by atoms with E-state index < -0.39 is 22.9 Å². The molecule has 34 heavy (non-hydrogen) atoms. The number of fused-ring (bicyclic) bond motifs is 1. The molecule has 0 spiro atoms. The van der Waals surface area contributed by atoms with Crippen molar-refractivity contribution in [3.8, 4) is 5.75 Å². The molecule has 0 fully saturated rings. The number of pyridine rings is 1. The molecule has 180 valence electrons. The Kier molecular flexibility index (Phi) is 7.61. The molecule has 0 saturated carbocycles. The molecule has 0 amide bonds. The lowest BCUT2D eigenvalue weighted by Crippen LogP contribution is -2.20. The molecular weight excluding hydrogens is 464 g/mol. The maximum absolute atomic E-state index is 13.3. The van der Waals surface area contributed by atoms with Gasteiger partial charge in [-0.15, -0.1) is 0 Å². The van der Waals surface area contributed by atoms with Crippen molar-refractivity contribution in [2.75, 3.05) is 13.7 Å². The van der Waals surface area contributed by atoms with Crippen LogP contribution in [-0.4, -0.2) is 50.2 Å². The van der Waals surface area contributed by atoms with Crippen molar-refractivity contribution in [3.63, 3.8) is 0 Å². The number of carbonyl (C=O) groups excluding carboxylic acids is 2. The summed E-state index contributed by atoms with van der Waals surface area (Å²) in [5.41, 5.74) is 1.71. The Balaban J connectivity index is 2.03. The van der Waals surface area contributed by atoms with Gasteiger partial charge in [-0.2, -0.15) is 0 Å². The van der Waals surface area contributed by atoms with Crippen molar-refractivity contribution in [3.05, 3.63) is 51.4 Å². The molecular formula is C22H24N4O7S. The van der Waals surface area contributed by atoms with Gasteiger partial charge in [-0.25, -0.2) is 19.1 Å². The minimum Gasteiger partial charge on any atom is -0.497 e. The molecule has 0 radical (unpaired) electrons. The number of aromatic amines is 1. The van der Waals surface area contributed by atoms with Crippen molar-refractivity contribution >= 4 is 39.6 Å². The molecule has 0 aliphatic heterocycles. The monoisotopic (exact) mass is 488 g/mol. The Labute approximate surface area is 197 Å². The van der Waals surface area contributed by atoms with E-state index in [1.54, 1.807) is 39.0 Å². The molecule has 1 aromatic carbocycles. The zero-order chi connectivity index (χ0) is 25.0. The normalized spacial score (nSPS) is 12.4. The number of carbonyl (C=O) groups is 2. The van der Waals surface area contributed by atoms with Gasteiger partial charge in [0.25, 0.3) is 0 Å². The third-order valence-corrected chi connectivity index (χ3v) is 6.17. The van der Waals surface area contributed by atoms with Crippen LogP contribution in [0.15, 0.2) is 39.5 Å². The van der Waals surface area contributed by atoms with E-state index in [9.17, 15) is 18.6 Å². The predicted molar refractivity (Wildman–Crippen MR) is 125 cm³/mol. The molecule has 2 aromatic heterocycles. The average molecular weight is 489 g/mol. The molecule has 1 atom stereocenters. The van der Waals surface area contributed by atoms with E-state index in [0.29, 0.717) is 33.6 Å². The minimum atomic E-state index is -1.86. The summed E-state index contributed by atoms with van der Waals surface area (Å²) in [6.07, 6.45) is 0.519. The fourth-order valence-electron chi connectivity index (χ4n) is 3.06. The van der Waals surface area contributed by atoms with Gasteiger partial charge in [0.15, 0.2) is 11.1 Å². The van der Waals surface area contributed by atoms with E-state index in [1.165, 1.54) is 20.2 Å². The summed E-state index contributed by atoms with van der Waals surface area (Å²) in [7, 11) is -0.378. The third-order valence-electron chi connectivity index (χ3n) is 4.94. The van der Waals surface area contributed by atoms with Crippen LogP contribution in [0, 0.1) is 13.8 Å². The smallest absolute Gasteiger partial charge is 0.446 e. The summed E-state index contributed by atoms with van der Waals surface area (Å²) in [5.74, 6) is -0.351. The number of nitrogens with one attached hydrogen (secondary N) is 1. The fourth-order valence-corrected chi connectivity index (χ4v) is 4.33. The number of methoxy groups -OCH3 is 1. The topological polar surface area (TPSA) is 142 Å². The Morgan fingerprint density at radius 1 is 1.26 bits per heavy atom. The van der Waals surface area contributed by atoms with Gasteiger partial charge in [0.2, 0.25) is 5.16 Å². The highest BCUT2D eigenvalue weighted by Crippen LogP contribution is 2.25. The van der Waals surface area contributed by atoms with Crippen molar-refractivity contribution in [2.24, 2.45) is 5.16 Å². The quantitative estimate of drug-likeness (QED) is 0.231. The number of ether oxygens (including phenoxy) is 2. The van der Waals surface area contributed by atoms with Crippen LogP contribution in [0.4, 0.5) is 4.79 Å². The minimum absolute atomic E-state index is 0.0970. The molecule has 3 rings (SSSR count). The maximum Gasteiger partial charge on any atom is 0.446 e. The van der Waals surface area contributed by atoms with Gasteiger partial charge in [-0.3, -0.25) is 13.8 Å². The standard InChI is InChI=1S/C22H24N4O7S/c1-6-32-20(28)14(4)25-33-22(29)26-18-8-7-15(31-5)9-16(18)24-21(26)34(30)11-17-13(3)19(27)12(2)10-23-17/h7-10H,6,11H2,1-5H3,(H,23,27)/b25-14+. The molecule has 0 aliphatic carbocycles. The predicted octanol–water partition coefficient (Wildman–Crippen LogP) is 2.58. The van der Waals surface area contributed by atoms with Crippen molar-refractivity contribution in [2.45, 2.75) is 38.6 Å². The van der Waals surface area contributed by atoms with Crippen LogP contribution in [0.3, 0.4) is 0 Å². The second-order valence-corrected chi connectivity index (χ2v) is 8.58. The van der Waals surface area contributed by atoms with Crippen molar-refractivity contribution in [1.82, 2.24) is 14.5 Å². The van der Waals surface area contributed by atoms with E-state index in [1.807, 2.05) is 0 Å². The van der Waals surface area contributed by atoms with Crippen LogP contribution >= 0.6 is 0 Å². The molecule has 0 bridgehead atoms. The Hall–Kier alpha value is -3.80. The number of imidazole rings is 1. The van der Waals surface area contributed by atoms with Gasteiger partial charge >= 0.3 is 12.1 Å². The number of H-pyrrole nitrogens is 1. The van der Waals surface area contributed by atoms with Crippen molar-refractivity contribution in [1.29, 1.82) is 0 Å².